The van der Waals surface area contributed by atoms with Crippen molar-refractivity contribution in [2.24, 2.45) is 17.4 Å². The standard InChI is InChI=1S/C10H18F3N3O/c1-6(14)8(10(11,12)13)16-4-2-3-7(5-16)9(15)17/h6-8H,2-5,14H2,1H3,(H2,15,17). The van der Waals surface area contributed by atoms with Crippen LogP contribution < -0.4 is 11.5 Å². The van der Waals surface area contributed by atoms with Gasteiger partial charge in [0.05, 0.1) is 5.92 Å². The van der Waals surface area contributed by atoms with E-state index in [1.165, 1.54) is 11.8 Å². The Bertz CT molecular complexity index is 280. The third kappa shape index (κ3) is 3.57. The number of carbonyl (C=O) groups is 1. The molecule has 1 aliphatic rings. The number of rotatable bonds is 3. The van der Waals surface area contributed by atoms with Gasteiger partial charge in [0.1, 0.15) is 6.04 Å². The number of piperidine rings is 1. The van der Waals surface area contributed by atoms with E-state index in [0.29, 0.717) is 19.4 Å². The van der Waals surface area contributed by atoms with Gasteiger partial charge in [-0.1, -0.05) is 0 Å². The minimum atomic E-state index is -4.38. The normalized spacial score (nSPS) is 26.5. The largest absolute Gasteiger partial charge is 0.405 e. The Hall–Kier alpha value is -0.820. The lowest BCUT2D eigenvalue weighted by Gasteiger charge is -2.39. The van der Waals surface area contributed by atoms with Crippen LogP contribution in [0.2, 0.25) is 0 Å². The van der Waals surface area contributed by atoms with Crippen molar-refractivity contribution in [3.63, 3.8) is 0 Å². The van der Waals surface area contributed by atoms with Crippen LogP contribution in [-0.2, 0) is 4.79 Å². The monoisotopic (exact) mass is 253 g/mol. The Kier molecular flexibility index (Phi) is 4.37. The fourth-order valence-electron chi connectivity index (χ4n) is 2.33. The summed E-state index contributed by atoms with van der Waals surface area (Å²) < 4.78 is 38.5. The van der Waals surface area contributed by atoms with Crippen LogP contribution in [0.4, 0.5) is 13.2 Å². The highest BCUT2D eigenvalue weighted by Crippen LogP contribution is 2.30. The van der Waals surface area contributed by atoms with Crippen molar-refractivity contribution in [2.45, 2.75) is 38.0 Å². The van der Waals surface area contributed by atoms with Crippen LogP contribution in [0.25, 0.3) is 0 Å². The highest BCUT2D eigenvalue weighted by atomic mass is 19.4. The molecule has 1 saturated heterocycles. The second kappa shape index (κ2) is 5.22. The molecule has 0 aromatic carbocycles. The molecule has 100 valence electrons. The molecule has 3 unspecified atom stereocenters. The van der Waals surface area contributed by atoms with Gasteiger partial charge in [-0.25, -0.2) is 0 Å². The van der Waals surface area contributed by atoms with Gasteiger partial charge in [-0.2, -0.15) is 13.2 Å². The topological polar surface area (TPSA) is 72.3 Å². The number of nitrogens with two attached hydrogens (primary N) is 2. The maximum Gasteiger partial charge on any atom is 0.405 e. The van der Waals surface area contributed by atoms with Crippen molar-refractivity contribution < 1.29 is 18.0 Å². The van der Waals surface area contributed by atoms with Crippen LogP contribution in [-0.4, -0.2) is 42.2 Å². The second-order valence-electron chi connectivity index (χ2n) is 4.58. The lowest BCUT2D eigenvalue weighted by atomic mass is 9.94. The summed E-state index contributed by atoms with van der Waals surface area (Å²) >= 11 is 0. The Morgan fingerprint density at radius 3 is 2.47 bits per heavy atom. The third-order valence-corrected chi connectivity index (χ3v) is 3.08. The summed E-state index contributed by atoms with van der Waals surface area (Å²) in [6.45, 7) is 1.67. The number of likely N-dealkylation sites (tertiary alicyclic amines) is 1. The molecule has 1 aliphatic heterocycles. The molecule has 4 nitrogen and oxygen atoms in total. The first-order valence-electron chi connectivity index (χ1n) is 5.59. The van der Waals surface area contributed by atoms with Crippen molar-refractivity contribution in [1.29, 1.82) is 0 Å². The Morgan fingerprint density at radius 1 is 1.47 bits per heavy atom. The molecule has 1 fully saturated rings. The van der Waals surface area contributed by atoms with Gasteiger partial charge in [-0.3, -0.25) is 9.69 Å². The zero-order chi connectivity index (χ0) is 13.2. The van der Waals surface area contributed by atoms with Crippen LogP contribution in [0.1, 0.15) is 19.8 Å². The van der Waals surface area contributed by atoms with Crippen molar-refractivity contribution in [1.82, 2.24) is 4.90 Å². The Morgan fingerprint density at radius 2 is 2.06 bits per heavy atom. The molecule has 17 heavy (non-hydrogen) atoms. The molecule has 7 heteroatoms. The summed E-state index contributed by atoms with van der Waals surface area (Å²) in [6.07, 6.45) is -3.30. The number of nitrogens with zero attached hydrogens (tertiary/aromatic N) is 1. The molecule has 0 saturated carbocycles. The predicted molar refractivity (Wildman–Crippen MR) is 57.0 cm³/mol. The predicted octanol–water partition coefficient (Wildman–Crippen LogP) is 0.462. The zero-order valence-electron chi connectivity index (χ0n) is 9.70. The number of halogens is 3. The van der Waals surface area contributed by atoms with Gasteiger partial charge in [-0.15, -0.1) is 0 Å². The van der Waals surface area contributed by atoms with E-state index in [4.69, 9.17) is 11.5 Å². The van der Waals surface area contributed by atoms with Gasteiger partial charge in [0.25, 0.3) is 0 Å². The van der Waals surface area contributed by atoms with E-state index in [-0.39, 0.29) is 6.54 Å². The third-order valence-electron chi connectivity index (χ3n) is 3.08. The van der Waals surface area contributed by atoms with Gasteiger partial charge >= 0.3 is 6.18 Å². The molecular formula is C10H18F3N3O. The van der Waals surface area contributed by atoms with Crippen molar-refractivity contribution in [3.05, 3.63) is 0 Å². The number of alkyl halides is 3. The van der Waals surface area contributed by atoms with Gasteiger partial charge < -0.3 is 11.5 Å². The SMILES string of the molecule is CC(N)C(N1CCCC(C(N)=O)C1)C(F)(F)F. The molecule has 0 radical (unpaired) electrons. The zero-order valence-corrected chi connectivity index (χ0v) is 9.70. The highest BCUT2D eigenvalue weighted by Gasteiger charge is 2.47. The fraction of sp³-hybridized carbons (Fsp3) is 0.900. The van der Waals surface area contributed by atoms with Crippen LogP contribution in [0, 0.1) is 5.92 Å². The first-order chi connectivity index (χ1) is 7.73. The van der Waals surface area contributed by atoms with Gasteiger partial charge in [-0.05, 0) is 26.3 Å². The minimum Gasteiger partial charge on any atom is -0.369 e. The summed E-state index contributed by atoms with van der Waals surface area (Å²) in [5.41, 5.74) is 10.5. The summed E-state index contributed by atoms with van der Waals surface area (Å²) in [4.78, 5) is 12.3. The average Bonchev–Trinajstić information content (AvgIpc) is 2.15. The van der Waals surface area contributed by atoms with Crippen molar-refractivity contribution >= 4 is 5.91 Å². The molecule has 0 aromatic rings. The molecule has 3 atom stereocenters. The van der Waals surface area contributed by atoms with E-state index in [9.17, 15) is 18.0 Å². The molecule has 0 spiro atoms. The van der Waals surface area contributed by atoms with E-state index in [2.05, 4.69) is 0 Å². The lowest BCUT2D eigenvalue weighted by molar-refractivity contribution is -0.192. The fourth-order valence-corrected chi connectivity index (χ4v) is 2.33. The highest BCUT2D eigenvalue weighted by molar-refractivity contribution is 5.76. The van der Waals surface area contributed by atoms with Gasteiger partial charge in [0.2, 0.25) is 5.91 Å². The molecule has 1 heterocycles. The van der Waals surface area contributed by atoms with Crippen LogP contribution in [0.3, 0.4) is 0 Å². The van der Waals surface area contributed by atoms with E-state index in [0.717, 1.165) is 0 Å². The molecule has 0 aromatic heterocycles. The first kappa shape index (κ1) is 14.2. The number of amides is 1. The van der Waals surface area contributed by atoms with Crippen LogP contribution in [0.15, 0.2) is 0 Å². The summed E-state index contributed by atoms with van der Waals surface area (Å²) in [7, 11) is 0. The van der Waals surface area contributed by atoms with E-state index in [1.54, 1.807) is 0 Å². The first-order valence-corrected chi connectivity index (χ1v) is 5.59. The molecule has 1 rings (SSSR count). The number of hydrogen-bond acceptors (Lipinski definition) is 3. The Balaban J connectivity index is 2.78. The number of primary amides is 1. The average molecular weight is 253 g/mol. The molecule has 0 aliphatic carbocycles. The molecule has 4 N–H and O–H groups in total. The maximum atomic E-state index is 12.8. The molecular weight excluding hydrogens is 235 g/mol. The minimum absolute atomic E-state index is 0.0427. The summed E-state index contributed by atoms with van der Waals surface area (Å²) in [5.74, 6) is -1.05. The lowest BCUT2D eigenvalue weighted by Crippen LogP contribution is -2.58. The molecule has 0 bridgehead atoms. The number of hydrogen-bond donors (Lipinski definition) is 2. The second-order valence-corrected chi connectivity index (χ2v) is 4.58. The Labute approximate surface area is 98.1 Å². The molecule has 1 amide bonds. The van der Waals surface area contributed by atoms with E-state index in [1.807, 2.05) is 0 Å². The number of carbonyl (C=O) groups excluding carboxylic acids is 1. The van der Waals surface area contributed by atoms with Crippen molar-refractivity contribution in [2.75, 3.05) is 13.1 Å². The van der Waals surface area contributed by atoms with Crippen LogP contribution >= 0.6 is 0 Å². The summed E-state index contributed by atoms with van der Waals surface area (Å²) in [6, 6.07) is -2.73. The maximum absolute atomic E-state index is 12.8. The quantitative estimate of drug-likeness (QED) is 0.767. The van der Waals surface area contributed by atoms with E-state index < -0.39 is 30.1 Å². The van der Waals surface area contributed by atoms with Gasteiger partial charge in [0.15, 0.2) is 0 Å². The van der Waals surface area contributed by atoms with Crippen LogP contribution in [0.5, 0.6) is 0 Å². The summed E-state index contributed by atoms with van der Waals surface area (Å²) in [5, 5.41) is 0. The van der Waals surface area contributed by atoms with Crippen molar-refractivity contribution in [3.8, 4) is 0 Å². The smallest absolute Gasteiger partial charge is 0.369 e. The van der Waals surface area contributed by atoms with E-state index >= 15 is 0 Å². The van der Waals surface area contributed by atoms with Gasteiger partial charge in [0, 0.05) is 12.6 Å².